The van der Waals surface area contributed by atoms with Gasteiger partial charge in [0.2, 0.25) is 0 Å². The number of rotatable bonds is 2. The SMILES string of the molecule is CC(C)c1nc(-c2ccc(F)cc2)[nH]c(=O)c1Br. The average Bonchev–Trinajstić information content (AvgIpc) is 2.33. The predicted molar refractivity (Wildman–Crippen MR) is 72.0 cm³/mol. The maximum Gasteiger partial charge on any atom is 0.265 e. The van der Waals surface area contributed by atoms with Gasteiger partial charge in [0.15, 0.2) is 0 Å². The van der Waals surface area contributed by atoms with Crippen LogP contribution in [0.4, 0.5) is 4.39 Å². The number of aromatic nitrogens is 2. The van der Waals surface area contributed by atoms with Crippen molar-refractivity contribution >= 4 is 15.9 Å². The highest BCUT2D eigenvalue weighted by Crippen LogP contribution is 2.22. The molecule has 94 valence electrons. The lowest BCUT2D eigenvalue weighted by molar-refractivity contribution is 0.628. The van der Waals surface area contributed by atoms with Gasteiger partial charge in [0.25, 0.3) is 5.56 Å². The number of nitrogens with zero attached hydrogens (tertiary/aromatic N) is 1. The zero-order valence-corrected chi connectivity index (χ0v) is 11.6. The first kappa shape index (κ1) is 13.0. The molecule has 1 aromatic carbocycles. The Labute approximate surface area is 112 Å². The highest BCUT2D eigenvalue weighted by Gasteiger charge is 2.13. The minimum atomic E-state index is -0.317. The number of hydrogen-bond donors (Lipinski definition) is 1. The lowest BCUT2D eigenvalue weighted by atomic mass is 10.1. The summed E-state index contributed by atoms with van der Waals surface area (Å²) in [5.41, 5.74) is 1.15. The molecule has 2 aromatic rings. The molecule has 0 atom stereocenters. The van der Waals surface area contributed by atoms with Crippen molar-refractivity contribution in [1.29, 1.82) is 0 Å². The van der Waals surface area contributed by atoms with Crippen molar-refractivity contribution in [2.75, 3.05) is 0 Å². The molecule has 3 nitrogen and oxygen atoms in total. The van der Waals surface area contributed by atoms with Crippen molar-refractivity contribution in [2.45, 2.75) is 19.8 Å². The van der Waals surface area contributed by atoms with E-state index >= 15 is 0 Å². The van der Waals surface area contributed by atoms with Crippen LogP contribution in [0.1, 0.15) is 25.5 Å². The van der Waals surface area contributed by atoms with E-state index < -0.39 is 0 Å². The zero-order valence-electron chi connectivity index (χ0n) is 10.00. The Bertz CT molecular complexity index is 620. The summed E-state index contributed by atoms with van der Waals surface area (Å²) in [6.07, 6.45) is 0. The molecule has 1 aromatic heterocycles. The van der Waals surface area contributed by atoms with E-state index in [9.17, 15) is 9.18 Å². The largest absolute Gasteiger partial charge is 0.306 e. The van der Waals surface area contributed by atoms with Gasteiger partial charge < -0.3 is 4.98 Å². The van der Waals surface area contributed by atoms with Crippen LogP contribution in [0.15, 0.2) is 33.5 Å². The Morgan fingerprint density at radius 2 is 1.89 bits per heavy atom. The summed E-state index contributed by atoms with van der Waals surface area (Å²) in [6.45, 7) is 3.92. The summed E-state index contributed by atoms with van der Waals surface area (Å²) >= 11 is 3.23. The monoisotopic (exact) mass is 310 g/mol. The number of halogens is 2. The lowest BCUT2D eigenvalue weighted by Crippen LogP contribution is -2.14. The van der Waals surface area contributed by atoms with Gasteiger partial charge in [-0.25, -0.2) is 9.37 Å². The van der Waals surface area contributed by atoms with Crippen molar-refractivity contribution in [3.8, 4) is 11.4 Å². The van der Waals surface area contributed by atoms with Crippen LogP contribution in [0.2, 0.25) is 0 Å². The highest BCUT2D eigenvalue weighted by atomic mass is 79.9. The first-order valence-corrected chi connectivity index (χ1v) is 6.34. The molecular formula is C13H12BrFN2O. The average molecular weight is 311 g/mol. The van der Waals surface area contributed by atoms with Crippen LogP contribution in [0, 0.1) is 5.82 Å². The van der Waals surface area contributed by atoms with E-state index in [-0.39, 0.29) is 17.3 Å². The summed E-state index contributed by atoms with van der Waals surface area (Å²) < 4.78 is 13.3. The molecule has 0 saturated heterocycles. The molecule has 0 bridgehead atoms. The van der Waals surface area contributed by atoms with Crippen molar-refractivity contribution in [1.82, 2.24) is 9.97 Å². The standard InChI is InChI=1S/C13H12BrFN2O/c1-7(2)11-10(14)13(18)17-12(16-11)8-3-5-9(15)6-4-8/h3-7H,1-2H3,(H,16,17,18). The number of nitrogens with one attached hydrogen (secondary N) is 1. The molecule has 5 heteroatoms. The number of hydrogen-bond acceptors (Lipinski definition) is 2. The Morgan fingerprint density at radius 3 is 2.44 bits per heavy atom. The minimum Gasteiger partial charge on any atom is -0.306 e. The number of aromatic amines is 1. The number of benzene rings is 1. The van der Waals surface area contributed by atoms with Gasteiger partial charge in [0, 0.05) is 5.56 Å². The molecule has 0 fully saturated rings. The van der Waals surface area contributed by atoms with Gasteiger partial charge in [-0.3, -0.25) is 4.79 Å². The molecular weight excluding hydrogens is 299 g/mol. The van der Waals surface area contributed by atoms with E-state index in [1.165, 1.54) is 12.1 Å². The summed E-state index contributed by atoms with van der Waals surface area (Å²) in [5.74, 6) is 0.259. The van der Waals surface area contributed by atoms with Crippen molar-refractivity contribution in [2.24, 2.45) is 0 Å². The molecule has 2 rings (SSSR count). The molecule has 1 heterocycles. The van der Waals surface area contributed by atoms with Gasteiger partial charge in [-0.2, -0.15) is 0 Å². The van der Waals surface area contributed by atoms with E-state index in [2.05, 4.69) is 25.9 Å². The molecule has 0 aliphatic rings. The van der Waals surface area contributed by atoms with E-state index in [0.717, 1.165) is 0 Å². The van der Waals surface area contributed by atoms with E-state index in [0.29, 0.717) is 21.6 Å². The molecule has 0 saturated carbocycles. The maximum absolute atomic E-state index is 12.9. The second kappa shape index (κ2) is 5.02. The second-order valence-electron chi connectivity index (χ2n) is 4.28. The van der Waals surface area contributed by atoms with Crippen molar-refractivity contribution in [3.63, 3.8) is 0 Å². The van der Waals surface area contributed by atoms with Crippen LogP contribution in [-0.2, 0) is 0 Å². The quantitative estimate of drug-likeness (QED) is 0.923. The first-order chi connectivity index (χ1) is 8.49. The summed E-state index contributed by atoms with van der Waals surface area (Å²) in [7, 11) is 0. The van der Waals surface area contributed by atoms with Crippen LogP contribution in [0.25, 0.3) is 11.4 Å². The maximum atomic E-state index is 12.9. The van der Waals surface area contributed by atoms with Gasteiger partial charge in [-0.05, 0) is 46.1 Å². The fourth-order valence-corrected chi connectivity index (χ4v) is 2.25. The minimum absolute atomic E-state index is 0.126. The summed E-state index contributed by atoms with van der Waals surface area (Å²) in [6, 6.07) is 5.86. The molecule has 0 aliphatic carbocycles. The van der Waals surface area contributed by atoms with Crippen LogP contribution in [-0.4, -0.2) is 9.97 Å². The predicted octanol–water partition coefficient (Wildman–Crippen LogP) is 3.46. The summed E-state index contributed by atoms with van der Waals surface area (Å²) in [5, 5.41) is 0. The molecule has 18 heavy (non-hydrogen) atoms. The Hall–Kier alpha value is -1.49. The number of H-pyrrole nitrogens is 1. The van der Waals surface area contributed by atoms with Crippen LogP contribution >= 0.6 is 15.9 Å². The van der Waals surface area contributed by atoms with E-state index in [1.54, 1.807) is 12.1 Å². The first-order valence-electron chi connectivity index (χ1n) is 5.54. The fraction of sp³-hybridized carbons (Fsp3) is 0.231. The van der Waals surface area contributed by atoms with Gasteiger partial charge in [0.05, 0.1) is 5.69 Å². The Balaban J connectivity index is 2.59. The third-order valence-corrected chi connectivity index (χ3v) is 3.32. The van der Waals surface area contributed by atoms with E-state index in [4.69, 9.17) is 0 Å². The van der Waals surface area contributed by atoms with Gasteiger partial charge in [-0.15, -0.1) is 0 Å². The third-order valence-electron chi connectivity index (χ3n) is 2.55. The van der Waals surface area contributed by atoms with Gasteiger partial charge >= 0.3 is 0 Å². The highest BCUT2D eigenvalue weighted by molar-refractivity contribution is 9.10. The van der Waals surface area contributed by atoms with Crippen molar-refractivity contribution < 1.29 is 4.39 Å². The summed E-state index contributed by atoms with van der Waals surface area (Å²) in [4.78, 5) is 18.9. The van der Waals surface area contributed by atoms with Gasteiger partial charge in [0.1, 0.15) is 16.1 Å². The molecule has 0 aliphatic heterocycles. The zero-order chi connectivity index (χ0) is 13.3. The van der Waals surface area contributed by atoms with Gasteiger partial charge in [-0.1, -0.05) is 13.8 Å². The molecule has 0 spiro atoms. The molecule has 0 amide bonds. The fourth-order valence-electron chi connectivity index (χ4n) is 1.60. The molecule has 0 radical (unpaired) electrons. The molecule has 1 N–H and O–H groups in total. The Morgan fingerprint density at radius 1 is 1.28 bits per heavy atom. The topological polar surface area (TPSA) is 45.8 Å². The van der Waals surface area contributed by atoms with Crippen molar-refractivity contribution in [3.05, 3.63) is 50.6 Å². The smallest absolute Gasteiger partial charge is 0.265 e. The van der Waals surface area contributed by atoms with E-state index in [1.807, 2.05) is 13.8 Å². The van der Waals surface area contributed by atoms with Crippen LogP contribution < -0.4 is 5.56 Å². The normalized spacial score (nSPS) is 10.9. The second-order valence-corrected chi connectivity index (χ2v) is 5.07. The third kappa shape index (κ3) is 2.51. The van der Waals surface area contributed by atoms with Crippen LogP contribution in [0.3, 0.4) is 0 Å². The Kier molecular flexibility index (Phi) is 3.61. The van der Waals surface area contributed by atoms with Crippen LogP contribution in [0.5, 0.6) is 0 Å². The lowest BCUT2D eigenvalue weighted by Gasteiger charge is -2.09. The molecule has 0 unspecified atom stereocenters.